The Morgan fingerprint density at radius 3 is 2.07 bits per heavy atom. The molecule has 1 amide bonds. The number of allylic oxidation sites excluding steroid dienone is 1. The van der Waals surface area contributed by atoms with Crippen molar-refractivity contribution in [3.05, 3.63) is 133 Å². The van der Waals surface area contributed by atoms with E-state index < -0.39 is 17.6 Å². The normalized spacial score (nSPS) is 13.6. The molecule has 2 atom stereocenters. The van der Waals surface area contributed by atoms with Crippen molar-refractivity contribution in [2.45, 2.75) is 67.0 Å². The summed E-state index contributed by atoms with van der Waals surface area (Å²) < 4.78 is 3.99. The molecular weight excluding hydrogens is 697 g/mol. The smallest absolute Gasteiger partial charge is 0.229 e. The number of rotatable bonds is 17. The van der Waals surface area contributed by atoms with Crippen molar-refractivity contribution in [2.24, 2.45) is 35.3 Å². The molecule has 10 nitrogen and oxygen atoms in total. The molecule has 2 aromatic carbocycles. The summed E-state index contributed by atoms with van der Waals surface area (Å²) in [5.41, 5.74) is 7.09. The lowest BCUT2D eigenvalue weighted by molar-refractivity contribution is -0.137. The van der Waals surface area contributed by atoms with E-state index in [-0.39, 0.29) is 16.7 Å². The van der Waals surface area contributed by atoms with Crippen molar-refractivity contribution in [2.75, 3.05) is 13.1 Å². The molecule has 0 bridgehead atoms. The number of H-pyrrole nitrogens is 1. The second-order valence-electron chi connectivity index (χ2n) is 17.0. The van der Waals surface area contributed by atoms with Crippen molar-refractivity contribution < 1.29 is 9.90 Å². The van der Waals surface area contributed by atoms with E-state index in [0.717, 1.165) is 52.3 Å². The SMILES string of the molecule is C=N/C(=C\NCCNC(=C)C(C)(C)Cc1cccn1C)c1ccc(-c2ccc(-c3c[nH]c(C(NC(=O)C(C)(C)C(O)c4cccn4C)C(C)(C)C)n3)cc2)cc1. The fraction of sp³-hybridized carbons (Fsp3) is 0.370. The minimum atomic E-state index is -1.08. The summed E-state index contributed by atoms with van der Waals surface area (Å²) in [5.74, 6) is 0.402. The number of hydrogen-bond acceptors (Lipinski definition) is 6. The lowest BCUT2D eigenvalue weighted by Gasteiger charge is -2.35. The van der Waals surface area contributed by atoms with Gasteiger partial charge in [-0.25, -0.2) is 4.98 Å². The number of nitrogens with one attached hydrogen (secondary N) is 4. The predicted octanol–water partition coefficient (Wildman–Crippen LogP) is 8.34. The van der Waals surface area contributed by atoms with Gasteiger partial charge in [0.05, 0.1) is 22.8 Å². The number of carbonyl (C=O) groups is 1. The Hall–Kier alpha value is -5.61. The highest BCUT2D eigenvalue weighted by molar-refractivity contribution is 5.83. The number of aromatic nitrogens is 4. The van der Waals surface area contributed by atoms with Crippen LogP contribution in [0.25, 0.3) is 28.1 Å². The zero-order valence-corrected chi connectivity index (χ0v) is 34.6. The zero-order valence-electron chi connectivity index (χ0n) is 34.6. The summed E-state index contributed by atoms with van der Waals surface area (Å²) in [7, 11) is 3.93. The number of aliphatic imine (C=N–C) groups is 1. The molecule has 5 aromatic rings. The summed E-state index contributed by atoms with van der Waals surface area (Å²) in [6.45, 7) is 23.7. The van der Waals surface area contributed by atoms with Crippen LogP contribution in [0.3, 0.4) is 0 Å². The van der Waals surface area contributed by atoms with E-state index in [4.69, 9.17) is 4.98 Å². The van der Waals surface area contributed by atoms with Gasteiger partial charge in [-0.1, -0.05) is 89.7 Å². The lowest BCUT2D eigenvalue weighted by atomic mass is 9.81. The number of aromatic amines is 1. The average molecular weight is 757 g/mol. The molecule has 5 N–H and O–H groups in total. The van der Waals surface area contributed by atoms with Gasteiger partial charge in [0.1, 0.15) is 11.9 Å². The third-order valence-electron chi connectivity index (χ3n) is 10.7. The molecular formula is C46H60N8O2. The van der Waals surface area contributed by atoms with E-state index in [0.29, 0.717) is 18.1 Å². The minimum absolute atomic E-state index is 0.0797. The van der Waals surface area contributed by atoms with Gasteiger partial charge in [0, 0.05) is 85.6 Å². The highest BCUT2D eigenvalue weighted by Gasteiger charge is 2.41. The maximum Gasteiger partial charge on any atom is 0.229 e. The summed E-state index contributed by atoms with van der Waals surface area (Å²) in [6, 6.07) is 24.1. The summed E-state index contributed by atoms with van der Waals surface area (Å²) in [4.78, 5) is 26.2. The van der Waals surface area contributed by atoms with Gasteiger partial charge in [-0.2, -0.15) is 0 Å². The fourth-order valence-corrected chi connectivity index (χ4v) is 6.72. The molecule has 0 aliphatic heterocycles. The summed E-state index contributed by atoms with van der Waals surface area (Å²) >= 11 is 0. The van der Waals surface area contributed by atoms with E-state index in [1.54, 1.807) is 13.8 Å². The molecule has 3 heterocycles. The Morgan fingerprint density at radius 2 is 1.50 bits per heavy atom. The highest BCUT2D eigenvalue weighted by atomic mass is 16.3. The van der Waals surface area contributed by atoms with Gasteiger partial charge in [-0.15, -0.1) is 0 Å². The molecule has 296 valence electrons. The van der Waals surface area contributed by atoms with Crippen LogP contribution in [0.15, 0.2) is 115 Å². The van der Waals surface area contributed by atoms with Gasteiger partial charge in [0.15, 0.2) is 0 Å². The third kappa shape index (κ3) is 9.60. The number of nitrogens with zero attached hydrogens (tertiary/aromatic N) is 4. The van der Waals surface area contributed by atoms with E-state index >= 15 is 0 Å². The van der Waals surface area contributed by atoms with Crippen molar-refractivity contribution in [3.63, 3.8) is 0 Å². The number of imidazole rings is 1. The number of benzene rings is 2. The Morgan fingerprint density at radius 1 is 0.893 bits per heavy atom. The van der Waals surface area contributed by atoms with Gasteiger partial charge < -0.3 is 35.2 Å². The molecule has 0 saturated carbocycles. The second kappa shape index (κ2) is 17.0. The van der Waals surface area contributed by atoms with E-state index in [1.165, 1.54) is 5.69 Å². The van der Waals surface area contributed by atoms with Crippen LogP contribution in [-0.4, -0.2) is 49.9 Å². The minimum Gasteiger partial charge on any atom is -0.387 e. The topological polar surface area (TPSA) is 124 Å². The zero-order chi connectivity index (χ0) is 40.8. The predicted molar refractivity (Wildman–Crippen MR) is 230 cm³/mol. The molecule has 10 heteroatoms. The van der Waals surface area contributed by atoms with Gasteiger partial charge in [-0.05, 0) is 67.8 Å². The Kier molecular flexibility index (Phi) is 12.6. The Labute approximate surface area is 332 Å². The molecule has 56 heavy (non-hydrogen) atoms. The molecule has 5 rings (SSSR count). The summed E-state index contributed by atoms with van der Waals surface area (Å²) in [6.07, 6.45) is 7.64. The highest BCUT2D eigenvalue weighted by Crippen LogP contribution is 2.38. The molecule has 0 aliphatic carbocycles. The van der Waals surface area contributed by atoms with Crippen LogP contribution in [0.2, 0.25) is 0 Å². The first kappa shape index (κ1) is 41.6. The van der Waals surface area contributed by atoms with Crippen LogP contribution >= 0.6 is 0 Å². The van der Waals surface area contributed by atoms with Crippen molar-refractivity contribution >= 4 is 18.3 Å². The van der Waals surface area contributed by atoms with Crippen molar-refractivity contribution in [3.8, 4) is 22.4 Å². The average Bonchev–Trinajstić information content (AvgIpc) is 3.92. The number of hydrogen-bond donors (Lipinski definition) is 5. The van der Waals surface area contributed by atoms with Crippen molar-refractivity contribution in [1.82, 2.24) is 35.1 Å². The molecule has 2 unspecified atom stereocenters. The number of aliphatic hydroxyl groups is 1. The quantitative estimate of drug-likeness (QED) is 0.0482. The van der Waals surface area contributed by atoms with Crippen LogP contribution in [-0.2, 0) is 25.3 Å². The van der Waals surface area contributed by atoms with E-state index in [1.807, 2.05) is 42.3 Å². The fourth-order valence-electron chi connectivity index (χ4n) is 6.72. The maximum absolute atomic E-state index is 13.7. The van der Waals surface area contributed by atoms with Gasteiger partial charge in [-0.3, -0.25) is 9.79 Å². The number of amides is 1. The van der Waals surface area contributed by atoms with Crippen LogP contribution in [0.5, 0.6) is 0 Å². The molecule has 0 spiro atoms. The van der Waals surface area contributed by atoms with Gasteiger partial charge >= 0.3 is 0 Å². The molecule has 0 aliphatic rings. The van der Waals surface area contributed by atoms with E-state index in [9.17, 15) is 9.90 Å². The number of aliphatic hydroxyl groups excluding tert-OH is 1. The molecule has 0 saturated heterocycles. The summed E-state index contributed by atoms with van der Waals surface area (Å²) in [5, 5.41) is 21.2. The third-order valence-corrected chi connectivity index (χ3v) is 10.7. The molecule has 0 radical (unpaired) electrons. The van der Waals surface area contributed by atoms with E-state index in [2.05, 4.69) is 152 Å². The maximum atomic E-state index is 13.7. The van der Waals surface area contributed by atoms with Gasteiger partial charge in [0.25, 0.3) is 0 Å². The van der Waals surface area contributed by atoms with Crippen LogP contribution in [0.1, 0.15) is 83.4 Å². The van der Waals surface area contributed by atoms with Crippen molar-refractivity contribution in [1.29, 1.82) is 0 Å². The first-order valence-corrected chi connectivity index (χ1v) is 19.2. The monoisotopic (exact) mass is 756 g/mol. The second-order valence-corrected chi connectivity index (χ2v) is 17.0. The number of carbonyl (C=O) groups excluding carboxylic acids is 1. The first-order valence-electron chi connectivity index (χ1n) is 19.2. The van der Waals surface area contributed by atoms with Crippen LogP contribution in [0.4, 0.5) is 0 Å². The number of aryl methyl sites for hydroxylation is 2. The lowest BCUT2D eigenvalue weighted by Crippen LogP contribution is -2.46. The molecule has 0 fully saturated rings. The van der Waals surface area contributed by atoms with Crippen LogP contribution in [0, 0.1) is 16.2 Å². The standard InChI is InChI=1S/C46H60N8O2/c1-31(45(5,6)28-36-14-12-26-53(36)10)49-25-24-48-29-37(47-9)34-20-16-32(17-21-34)33-18-22-35(23-19-33)38-30-50-42(51-38)40(44(2,3)4)52-43(56)46(7,8)41(55)39-15-13-27-54(39)11/h12-23,26-27,29-30,40-41,48-49,55H,1,9,24-25,28H2,2-8,10-11H3,(H,50,51)(H,52,56)/b37-29-. The largest absolute Gasteiger partial charge is 0.387 e. The Balaban J connectivity index is 1.18. The van der Waals surface area contributed by atoms with Gasteiger partial charge in [0.2, 0.25) is 5.91 Å². The molecule has 3 aromatic heterocycles. The first-order chi connectivity index (χ1) is 26.4. The Bertz CT molecular complexity index is 2140. The van der Waals surface area contributed by atoms with Crippen LogP contribution < -0.4 is 16.0 Å².